The highest BCUT2D eigenvalue weighted by molar-refractivity contribution is 7.13. The number of hydrogen-bond donors (Lipinski definition) is 2. The van der Waals surface area contributed by atoms with Gasteiger partial charge in [-0.25, -0.2) is 4.98 Å². The van der Waals surface area contributed by atoms with Gasteiger partial charge in [0.05, 0.1) is 23.2 Å². The van der Waals surface area contributed by atoms with Gasteiger partial charge in [-0.15, -0.1) is 11.3 Å². The number of nitrogens with one attached hydrogen (secondary N) is 1. The van der Waals surface area contributed by atoms with Gasteiger partial charge in [0.25, 0.3) is 0 Å². The summed E-state index contributed by atoms with van der Waals surface area (Å²) in [6, 6.07) is 3.88. The summed E-state index contributed by atoms with van der Waals surface area (Å²) in [6.07, 6.45) is 2.71. The number of oxazole rings is 1. The summed E-state index contributed by atoms with van der Waals surface area (Å²) < 4.78 is 10.9. The molecule has 0 unspecified atom stereocenters. The van der Waals surface area contributed by atoms with Crippen LogP contribution >= 0.6 is 11.3 Å². The molecule has 0 bridgehead atoms. The van der Waals surface area contributed by atoms with Crippen LogP contribution in [-0.4, -0.2) is 29.6 Å². The van der Waals surface area contributed by atoms with Crippen molar-refractivity contribution in [1.29, 1.82) is 0 Å². The molecular weight excluding hydrogens is 290 g/mol. The van der Waals surface area contributed by atoms with Crippen LogP contribution in [0.5, 0.6) is 0 Å². The number of aromatic nitrogens is 1. The molecule has 21 heavy (non-hydrogen) atoms. The molecule has 2 atom stereocenters. The van der Waals surface area contributed by atoms with E-state index >= 15 is 0 Å². The number of thiophene rings is 1. The zero-order valence-corrected chi connectivity index (χ0v) is 12.3. The average molecular weight is 307 g/mol. The fourth-order valence-corrected chi connectivity index (χ4v) is 2.92. The Morgan fingerprint density at radius 1 is 1.52 bits per heavy atom. The topological polar surface area (TPSA) is 90.4 Å². The number of carbonyl (C=O) groups is 1. The van der Waals surface area contributed by atoms with Gasteiger partial charge in [0.15, 0.2) is 0 Å². The van der Waals surface area contributed by atoms with Crippen molar-refractivity contribution >= 4 is 17.2 Å². The molecule has 0 saturated carbocycles. The van der Waals surface area contributed by atoms with E-state index < -0.39 is 6.10 Å². The van der Waals surface area contributed by atoms with Crippen molar-refractivity contribution in [1.82, 2.24) is 10.3 Å². The quantitative estimate of drug-likeness (QED) is 0.874. The van der Waals surface area contributed by atoms with Crippen molar-refractivity contribution in [3.63, 3.8) is 0 Å². The molecule has 0 spiro atoms. The van der Waals surface area contributed by atoms with Gasteiger partial charge in [-0.3, -0.25) is 4.79 Å². The molecule has 6 nitrogen and oxygen atoms in total. The molecule has 0 aromatic carbocycles. The van der Waals surface area contributed by atoms with Crippen LogP contribution in [0.15, 0.2) is 28.2 Å². The first-order valence-corrected chi connectivity index (χ1v) is 7.75. The lowest BCUT2D eigenvalue weighted by atomic mass is 10.2. The van der Waals surface area contributed by atoms with Crippen LogP contribution in [0.4, 0.5) is 0 Å². The number of nitrogens with two attached hydrogens (primary N) is 1. The number of nitrogens with zero attached hydrogens (tertiary/aromatic N) is 1. The molecule has 1 fully saturated rings. The second-order valence-electron chi connectivity index (χ2n) is 4.90. The van der Waals surface area contributed by atoms with Crippen molar-refractivity contribution in [2.45, 2.75) is 31.6 Å². The van der Waals surface area contributed by atoms with Crippen molar-refractivity contribution in [3.8, 4) is 10.8 Å². The number of amides is 1. The maximum atomic E-state index is 12.0. The molecule has 3 rings (SSSR count). The Morgan fingerprint density at radius 3 is 3.14 bits per heavy atom. The second-order valence-corrected chi connectivity index (χ2v) is 5.85. The minimum absolute atomic E-state index is 0.00164. The van der Waals surface area contributed by atoms with Crippen molar-refractivity contribution < 1.29 is 13.9 Å². The van der Waals surface area contributed by atoms with Crippen LogP contribution in [-0.2, 0) is 16.1 Å². The normalized spacial score (nSPS) is 21.6. The van der Waals surface area contributed by atoms with Crippen molar-refractivity contribution in [2.75, 3.05) is 6.54 Å². The Kier molecular flexibility index (Phi) is 4.33. The van der Waals surface area contributed by atoms with Crippen LogP contribution in [0, 0.1) is 0 Å². The van der Waals surface area contributed by atoms with Crippen molar-refractivity contribution in [3.05, 3.63) is 29.5 Å². The largest absolute Gasteiger partial charge is 0.443 e. The smallest absolute Gasteiger partial charge is 0.249 e. The first-order chi connectivity index (χ1) is 10.3. The molecule has 112 valence electrons. The summed E-state index contributed by atoms with van der Waals surface area (Å²) in [7, 11) is 0. The molecule has 1 aliphatic rings. The van der Waals surface area contributed by atoms with E-state index in [4.69, 9.17) is 14.9 Å². The van der Waals surface area contributed by atoms with Crippen LogP contribution < -0.4 is 11.1 Å². The first-order valence-electron chi connectivity index (χ1n) is 6.88. The number of hydrogen-bond acceptors (Lipinski definition) is 6. The van der Waals surface area contributed by atoms with E-state index in [9.17, 15) is 4.79 Å². The van der Waals surface area contributed by atoms with Crippen LogP contribution in [0.25, 0.3) is 10.8 Å². The minimum Gasteiger partial charge on any atom is -0.443 e. The van der Waals surface area contributed by atoms with Gasteiger partial charge < -0.3 is 20.2 Å². The predicted octanol–water partition coefficient (Wildman–Crippen LogP) is 1.53. The van der Waals surface area contributed by atoms with Crippen LogP contribution in [0.3, 0.4) is 0 Å². The number of ether oxygens (including phenoxy) is 1. The summed E-state index contributed by atoms with van der Waals surface area (Å²) in [4.78, 5) is 17.3. The lowest BCUT2D eigenvalue weighted by Gasteiger charge is -2.11. The molecule has 2 aromatic heterocycles. The number of rotatable bonds is 5. The fraction of sp³-hybridized carbons (Fsp3) is 0.429. The monoisotopic (exact) mass is 307 g/mol. The molecule has 3 N–H and O–H groups in total. The zero-order chi connectivity index (χ0) is 14.7. The van der Waals surface area contributed by atoms with Gasteiger partial charge in [0.2, 0.25) is 11.8 Å². The van der Waals surface area contributed by atoms with E-state index in [1.807, 2.05) is 17.5 Å². The van der Waals surface area contributed by atoms with Gasteiger partial charge in [0, 0.05) is 6.54 Å². The highest BCUT2D eigenvalue weighted by Crippen LogP contribution is 2.23. The SMILES string of the molecule is NC[C@H]1CC[C@@H](C(=O)NCc2coc(-c3cccs3)n2)O1. The van der Waals surface area contributed by atoms with Gasteiger partial charge in [-0.2, -0.15) is 0 Å². The standard InChI is InChI=1S/C14H17N3O3S/c15-6-10-3-4-11(20-10)13(18)16-7-9-8-19-14(17-9)12-2-1-5-21-12/h1-2,5,8,10-11H,3-4,6-7,15H2,(H,16,18)/t10-,11+/m1/s1. The molecular formula is C14H17N3O3S. The molecule has 0 radical (unpaired) electrons. The summed E-state index contributed by atoms with van der Waals surface area (Å²) in [6.45, 7) is 0.790. The van der Waals surface area contributed by atoms with Gasteiger partial charge >= 0.3 is 0 Å². The summed E-state index contributed by atoms with van der Waals surface area (Å²) in [5.41, 5.74) is 6.23. The van der Waals surface area contributed by atoms with E-state index in [0.29, 0.717) is 31.1 Å². The summed E-state index contributed by atoms with van der Waals surface area (Å²) >= 11 is 1.56. The zero-order valence-electron chi connectivity index (χ0n) is 11.5. The Bertz CT molecular complexity index is 596. The van der Waals surface area contributed by atoms with Gasteiger partial charge in [-0.05, 0) is 24.3 Å². The Hall–Kier alpha value is -1.70. The molecule has 1 amide bonds. The Balaban J connectivity index is 1.52. The third kappa shape index (κ3) is 3.31. The molecule has 3 heterocycles. The highest BCUT2D eigenvalue weighted by Gasteiger charge is 2.29. The molecule has 1 aliphatic heterocycles. The Labute approximate surface area is 126 Å². The van der Waals surface area contributed by atoms with E-state index in [2.05, 4.69) is 10.3 Å². The third-order valence-corrected chi connectivity index (χ3v) is 4.25. The van der Waals surface area contributed by atoms with Gasteiger partial charge in [0.1, 0.15) is 12.4 Å². The van der Waals surface area contributed by atoms with E-state index in [-0.39, 0.29) is 12.0 Å². The second kappa shape index (κ2) is 6.38. The molecule has 2 aromatic rings. The molecule has 0 aliphatic carbocycles. The predicted molar refractivity (Wildman–Crippen MR) is 78.6 cm³/mol. The fourth-order valence-electron chi connectivity index (χ4n) is 2.27. The summed E-state index contributed by atoms with van der Waals surface area (Å²) in [5, 5.41) is 4.78. The average Bonchev–Trinajstić information content (AvgIpc) is 3.24. The lowest BCUT2D eigenvalue weighted by Crippen LogP contribution is -2.35. The molecule has 7 heteroatoms. The highest BCUT2D eigenvalue weighted by atomic mass is 32.1. The molecule has 1 saturated heterocycles. The lowest BCUT2D eigenvalue weighted by molar-refractivity contribution is -0.132. The maximum absolute atomic E-state index is 12.0. The minimum atomic E-state index is -0.401. The van der Waals surface area contributed by atoms with Crippen LogP contribution in [0.2, 0.25) is 0 Å². The van der Waals surface area contributed by atoms with E-state index in [1.54, 1.807) is 17.6 Å². The number of carbonyl (C=O) groups excluding carboxylic acids is 1. The van der Waals surface area contributed by atoms with Gasteiger partial charge in [-0.1, -0.05) is 6.07 Å². The van der Waals surface area contributed by atoms with E-state index in [1.165, 1.54) is 0 Å². The third-order valence-electron chi connectivity index (χ3n) is 3.39. The van der Waals surface area contributed by atoms with E-state index in [0.717, 1.165) is 11.3 Å². The maximum Gasteiger partial charge on any atom is 0.249 e. The summed E-state index contributed by atoms with van der Waals surface area (Å²) in [5.74, 6) is 0.459. The Morgan fingerprint density at radius 2 is 2.43 bits per heavy atom. The van der Waals surface area contributed by atoms with Crippen LogP contribution in [0.1, 0.15) is 18.5 Å². The first kappa shape index (κ1) is 14.2. The van der Waals surface area contributed by atoms with Crippen molar-refractivity contribution in [2.24, 2.45) is 5.73 Å².